The van der Waals surface area contributed by atoms with E-state index >= 15 is 0 Å². The highest BCUT2D eigenvalue weighted by Crippen LogP contribution is 2.54. The molecule has 0 heterocycles. The fourth-order valence-electron chi connectivity index (χ4n) is 3.15. The van der Waals surface area contributed by atoms with Crippen LogP contribution < -0.4 is 0 Å². The van der Waals surface area contributed by atoms with Gasteiger partial charge in [-0.2, -0.15) is 0 Å². The Balaban J connectivity index is 2.02. The quantitative estimate of drug-likeness (QED) is 0.587. The van der Waals surface area contributed by atoms with Gasteiger partial charge in [-0.1, -0.05) is 12.2 Å². The average molecular weight is 238 g/mol. The van der Waals surface area contributed by atoms with Crippen molar-refractivity contribution in [2.75, 3.05) is 6.61 Å². The Labute approximate surface area is 101 Å². The molecule has 4 heteroatoms. The Morgan fingerprint density at radius 3 is 2.71 bits per heavy atom. The van der Waals surface area contributed by atoms with Gasteiger partial charge < -0.3 is 9.84 Å². The number of aliphatic carboxylic acids is 1. The zero-order valence-electron chi connectivity index (χ0n) is 10.0. The smallest absolute Gasteiger partial charge is 0.310 e. The van der Waals surface area contributed by atoms with Crippen molar-refractivity contribution in [2.45, 2.75) is 32.6 Å². The van der Waals surface area contributed by atoms with E-state index < -0.39 is 11.4 Å². The maximum atomic E-state index is 11.5. The Hall–Kier alpha value is -1.32. The van der Waals surface area contributed by atoms with Crippen molar-refractivity contribution in [1.29, 1.82) is 0 Å². The van der Waals surface area contributed by atoms with Crippen LogP contribution in [0.15, 0.2) is 12.2 Å². The lowest BCUT2D eigenvalue weighted by molar-refractivity contribution is -0.152. The standard InChI is InChI=1S/C13H18O4/c1-2-17-11(14)5-6-13(12(15)16)8-9-3-4-10(13)7-9/h3-4,9-10H,2,5-8H2,1H3,(H,15,16). The van der Waals surface area contributed by atoms with Crippen LogP contribution in [0.3, 0.4) is 0 Å². The van der Waals surface area contributed by atoms with Crippen LogP contribution in [-0.4, -0.2) is 23.7 Å². The summed E-state index contributed by atoms with van der Waals surface area (Å²) in [5.41, 5.74) is -0.730. The number of carboxylic acids is 1. The molecule has 2 bridgehead atoms. The van der Waals surface area contributed by atoms with Crippen LogP contribution in [0.4, 0.5) is 0 Å². The third-order valence-electron chi connectivity index (χ3n) is 4.01. The Morgan fingerprint density at radius 2 is 2.24 bits per heavy atom. The third kappa shape index (κ3) is 2.08. The topological polar surface area (TPSA) is 63.6 Å². The number of esters is 1. The van der Waals surface area contributed by atoms with Gasteiger partial charge in [0.25, 0.3) is 0 Å². The Bertz CT molecular complexity index is 360. The van der Waals surface area contributed by atoms with Gasteiger partial charge in [0, 0.05) is 6.42 Å². The highest BCUT2D eigenvalue weighted by molar-refractivity contribution is 5.78. The highest BCUT2D eigenvalue weighted by atomic mass is 16.5. The van der Waals surface area contributed by atoms with Crippen molar-refractivity contribution in [3.05, 3.63) is 12.2 Å². The van der Waals surface area contributed by atoms with E-state index in [1.165, 1.54) is 0 Å². The van der Waals surface area contributed by atoms with Gasteiger partial charge in [-0.15, -0.1) is 0 Å². The first-order chi connectivity index (χ1) is 8.08. The van der Waals surface area contributed by atoms with E-state index in [1.54, 1.807) is 6.92 Å². The molecule has 4 nitrogen and oxygen atoms in total. The van der Waals surface area contributed by atoms with Crippen LogP contribution in [0.5, 0.6) is 0 Å². The van der Waals surface area contributed by atoms with E-state index in [2.05, 4.69) is 6.08 Å². The molecule has 0 aromatic carbocycles. The summed E-state index contributed by atoms with van der Waals surface area (Å²) in [7, 11) is 0. The molecule has 0 saturated heterocycles. The summed E-state index contributed by atoms with van der Waals surface area (Å²) in [5.74, 6) is -0.573. The fourth-order valence-corrected chi connectivity index (χ4v) is 3.15. The number of hydrogen-bond donors (Lipinski definition) is 1. The lowest BCUT2D eigenvalue weighted by Crippen LogP contribution is -2.35. The van der Waals surface area contributed by atoms with Crippen LogP contribution in [-0.2, 0) is 14.3 Å². The second-order valence-electron chi connectivity index (χ2n) is 4.96. The molecule has 2 aliphatic rings. The van der Waals surface area contributed by atoms with Gasteiger partial charge >= 0.3 is 11.9 Å². The molecule has 0 radical (unpaired) electrons. The van der Waals surface area contributed by atoms with Gasteiger partial charge in [-0.25, -0.2) is 0 Å². The van der Waals surface area contributed by atoms with Gasteiger partial charge in [-0.3, -0.25) is 9.59 Å². The van der Waals surface area contributed by atoms with Crippen molar-refractivity contribution in [3.63, 3.8) is 0 Å². The molecule has 0 spiro atoms. The minimum atomic E-state index is -0.765. The molecule has 1 fully saturated rings. The number of carbonyl (C=O) groups is 2. The molecular weight excluding hydrogens is 220 g/mol. The highest BCUT2D eigenvalue weighted by Gasteiger charge is 2.53. The Morgan fingerprint density at radius 1 is 1.47 bits per heavy atom. The lowest BCUT2D eigenvalue weighted by atomic mass is 9.72. The maximum Gasteiger partial charge on any atom is 0.310 e. The molecule has 94 valence electrons. The zero-order chi connectivity index (χ0) is 12.5. The van der Waals surface area contributed by atoms with Crippen LogP contribution in [0.25, 0.3) is 0 Å². The monoisotopic (exact) mass is 238 g/mol. The minimum Gasteiger partial charge on any atom is -0.481 e. The normalized spacial score (nSPS) is 33.9. The summed E-state index contributed by atoms with van der Waals surface area (Å²) in [6.07, 6.45) is 6.31. The summed E-state index contributed by atoms with van der Waals surface area (Å²) >= 11 is 0. The number of fused-ring (bicyclic) bond motifs is 2. The fraction of sp³-hybridized carbons (Fsp3) is 0.692. The second-order valence-corrected chi connectivity index (χ2v) is 4.96. The first-order valence-corrected chi connectivity index (χ1v) is 6.16. The van der Waals surface area contributed by atoms with Crippen LogP contribution in [0.1, 0.15) is 32.6 Å². The number of carboxylic acid groups (broad SMARTS) is 1. The molecular formula is C13H18O4. The average Bonchev–Trinajstić information content (AvgIpc) is 2.87. The minimum absolute atomic E-state index is 0.0967. The second kappa shape index (κ2) is 4.51. The van der Waals surface area contributed by atoms with Crippen LogP contribution in [0, 0.1) is 17.3 Å². The van der Waals surface area contributed by atoms with E-state index in [-0.39, 0.29) is 18.3 Å². The molecule has 1 N–H and O–H groups in total. The van der Waals surface area contributed by atoms with Gasteiger partial charge in [-0.05, 0) is 38.0 Å². The van der Waals surface area contributed by atoms with Crippen molar-refractivity contribution >= 4 is 11.9 Å². The molecule has 0 aliphatic heterocycles. The SMILES string of the molecule is CCOC(=O)CCC1(C(=O)O)CC2C=CC1C2. The predicted octanol–water partition coefficient (Wildman–Crippen LogP) is 2.00. The Kier molecular flexibility index (Phi) is 3.22. The van der Waals surface area contributed by atoms with Crippen molar-refractivity contribution in [3.8, 4) is 0 Å². The summed E-state index contributed by atoms with van der Waals surface area (Å²) in [6.45, 7) is 2.11. The molecule has 3 unspecified atom stereocenters. The van der Waals surface area contributed by atoms with Crippen molar-refractivity contribution < 1.29 is 19.4 Å². The van der Waals surface area contributed by atoms with E-state index in [1.807, 2.05) is 6.08 Å². The zero-order valence-corrected chi connectivity index (χ0v) is 10.0. The third-order valence-corrected chi connectivity index (χ3v) is 4.01. The number of carbonyl (C=O) groups excluding carboxylic acids is 1. The summed E-state index contributed by atoms with van der Waals surface area (Å²) in [6, 6.07) is 0. The van der Waals surface area contributed by atoms with E-state index in [0.29, 0.717) is 25.4 Å². The first-order valence-electron chi connectivity index (χ1n) is 6.16. The van der Waals surface area contributed by atoms with E-state index in [0.717, 1.165) is 6.42 Å². The molecule has 3 atom stereocenters. The number of hydrogen-bond acceptors (Lipinski definition) is 3. The molecule has 2 rings (SSSR count). The van der Waals surface area contributed by atoms with Crippen LogP contribution in [0.2, 0.25) is 0 Å². The predicted molar refractivity (Wildman–Crippen MR) is 61.3 cm³/mol. The molecule has 0 aromatic rings. The van der Waals surface area contributed by atoms with Gasteiger partial charge in [0.2, 0.25) is 0 Å². The van der Waals surface area contributed by atoms with Gasteiger partial charge in [0.15, 0.2) is 0 Å². The number of allylic oxidation sites excluding steroid dienone is 2. The summed E-state index contributed by atoms with van der Waals surface area (Å²) < 4.78 is 4.86. The molecule has 0 aromatic heterocycles. The van der Waals surface area contributed by atoms with Crippen LogP contribution >= 0.6 is 0 Å². The van der Waals surface area contributed by atoms with Crippen molar-refractivity contribution in [2.24, 2.45) is 17.3 Å². The van der Waals surface area contributed by atoms with Gasteiger partial charge in [0.05, 0.1) is 12.0 Å². The van der Waals surface area contributed by atoms with E-state index in [9.17, 15) is 14.7 Å². The summed E-state index contributed by atoms with van der Waals surface area (Å²) in [5, 5.41) is 9.44. The largest absolute Gasteiger partial charge is 0.481 e. The molecule has 17 heavy (non-hydrogen) atoms. The molecule has 0 amide bonds. The lowest BCUT2D eigenvalue weighted by Gasteiger charge is -2.30. The van der Waals surface area contributed by atoms with Crippen molar-refractivity contribution in [1.82, 2.24) is 0 Å². The first kappa shape index (κ1) is 12.1. The van der Waals surface area contributed by atoms with E-state index in [4.69, 9.17) is 4.74 Å². The molecule has 2 aliphatic carbocycles. The number of ether oxygens (including phenoxy) is 1. The van der Waals surface area contributed by atoms with Gasteiger partial charge in [0.1, 0.15) is 0 Å². The number of rotatable bonds is 5. The molecule has 1 saturated carbocycles. The maximum absolute atomic E-state index is 11.5. The summed E-state index contributed by atoms with van der Waals surface area (Å²) in [4.78, 5) is 22.8.